The van der Waals surface area contributed by atoms with Gasteiger partial charge in [-0.05, 0) is 86.1 Å². The molecule has 4 nitrogen and oxygen atoms in total. The zero-order valence-electron chi connectivity index (χ0n) is 19.9. The highest BCUT2D eigenvalue weighted by atomic mass is 15.1. The summed E-state index contributed by atoms with van der Waals surface area (Å²) in [7, 11) is 0. The van der Waals surface area contributed by atoms with Crippen LogP contribution in [0.2, 0.25) is 0 Å². The number of piperidine rings is 2. The maximum atomic E-state index is 4.56. The quantitative estimate of drug-likeness (QED) is 0.413. The van der Waals surface area contributed by atoms with Crippen LogP contribution in [-0.2, 0) is 0 Å². The number of hydrogen-bond acceptors (Lipinski definition) is 4. The molecule has 0 unspecified atom stereocenters. The molecule has 1 aromatic heterocycles. The lowest BCUT2D eigenvalue weighted by molar-refractivity contribution is 0.578. The van der Waals surface area contributed by atoms with E-state index < -0.39 is 0 Å². The van der Waals surface area contributed by atoms with Gasteiger partial charge in [0.05, 0.1) is 23.8 Å². The van der Waals surface area contributed by atoms with Crippen LogP contribution in [0, 0.1) is 0 Å². The summed E-state index contributed by atoms with van der Waals surface area (Å²) >= 11 is 0. The van der Waals surface area contributed by atoms with Gasteiger partial charge in [-0.25, -0.2) is 0 Å². The lowest BCUT2D eigenvalue weighted by atomic mass is 10.1. The number of anilines is 2. The standard InChI is InChI=1S/C30H34N4/c1-3-19-33(20-4-1)29-15-9-25(10-16-29)7-13-27-23-32-28(24-31-27)14-8-26-11-17-30(18-12-26)34-21-5-2-6-22-34/h7-18,23-24H,1-6,19-22H2/b13-7+,14-8+. The molecular formula is C30H34N4. The van der Waals surface area contributed by atoms with Crippen molar-refractivity contribution in [1.29, 1.82) is 0 Å². The summed E-state index contributed by atoms with van der Waals surface area (Å²) in [5.74, 6) is 0. The molecule has 0 spiro atoms. The third kappa shape index (κ3) is 5.93. The van der Waals surface area contributed by atoms with Gasteiger partial charge >= 0.3 is 0 Å². The number of benzene rings is 2. The molecule has 3 aromatic rings. The molecule has 0 atom stereocenters. The number of nitrogens with zero attached hydrogens (tertiary/aromatic N) is 4. The number of aromatic nitrogens is 2. The van der Waals surface area contributed by atoms with Gasteiger partial charge in [-0.3, -0.25) is 9.97 Å². The molecule has 3 heterocycles. The summed E-state index contributed by atoms with van der Waals surface area (Å²) in [5, 5.41) is 0. The molecule has 2 aromatic carbocycles. The van der Waals surface area contributed by atoms with Crippen molar-refractivity contribution < 1.29 is 0 Å². The molecule has 0 bridgehead atoms. The second kappa shape index (κ2) is 11.1. The summed E-state index contributed by atoms with van der Waals surface area (Å²) in [6.07, 6.45) is 19.8. The Morgan fingerprint density at radius 2 is 0.853 bits per heavy atom. The predicted octanol–water partition coefficient (Wildman–Crippen LogP) is 6.80. The summed E-state index contributed by atoms with van der Waals surface area (Å²) in [6, 6.07) is 17.6. The van der Waals surface area contributed by atoms with Crippen molar-refractivity contribution >= 4 is 35.7 Å². The van der Waals surface area contributed by atoms with E-state index in [1.807, 2.05) is 24.5 Å². The maximum Gasteiger partial charge on any atom is 0.0813 e. The van der Waals surface area contributed by atoms with Crippen LogP contribution in [-0.4, -0.2) is 36.1 Å². The molecule has 0 amide bonds. The summed E-state index contributed by atoms with van der Waals surface area (Å²) in [4.78, 5) is 14.1. The molecule has 34 heavy (non-hydrogen) atoms. The molecule has 2 aliphatic heterocycles. The largest absolute Gasteiger partial charge is 0.372 e. The van der Waals surface area contributed by atoms with Crippen molar-refractivity contribution in [3.05, 3.63) is 83.4 Å². The first-order valence-electron chi connectivity index (χ1n) is 12.7. The Labute approximate surface area is 203 Å². The lowest BCUT2D eigenvalue weighted by Gasteiger charge is -2.28. The van der Waals surface area contributed by atoms with Gasteiger partial charge in [-0.1, -0.05) is 36.4 Å². The van der Waals surface area contributed by atoms with Crippen LogP contribution in [0.4, 0.5) is 11.4 Å². The van der Waals surface area contributed by atoms with Crippen LogP contribution in [0.3, 0.4) is 0 Å². The van der Waals surface area contributed by atoms with Crippen LogP contribution in [0.25, 0.3) is 24.3 Å². The Morgan fingerprint density at radius 1 is 0.471 bits per heavy atom. The van der Waals surface area contributed by atoms with Gasteiger partial charge < -0.3 is 9.80 Å². The van der Waals surface area contributed by atoms with E-state index in [1.165, 1.54) is 87.2 Å². The highest BCUT2D eigenvalue weighted by Gasteiger charge is 2.11. The Bertz CT molecular complexity index is 996. The van der Waals surface area contributed by atoms with Crippen molar-refractivity contribution in [3.8, 4) is 0 Å². The number of hydrogen-bond donors (Lipinski definition) is 0. The molecule has 0 radical (unpaired) electrons. The minimum Gasteiger partial charge on any atom is -0.372 e. The van der Waals surface area contributed by atoms with E-state index in [0.717, 1.165) is 11.4 Å². The van der Waals surface area contributed by atoms with E-state index in [1.54, 1.807) is 0 Å². The van der Waals surface area contributed by atoms with Gasteiger partial charge in [-0.2, -0.15) is 0 Å². The SMILES string of the molecule is C(=C\c1cnc(/C=C/c2ccc(N3CCCCC3)cc2)cn1)/c1ccc(N2CCCCC2)cc1. The van der Waals surface area contributed by atoms with Crippen LogP contribution in [0.5, 0.6) is 0 Å². The van der Waals surface area contributed by atoms with E-state index in [-0.39, 0.29) is 0 Å². The zero-order chi connectivity index (χ0) is 23.0. The summed E-state index contributed by atoms with van der Waals surface area (Å²) < 4.78 is 0. The Hall–Kier alpha value is -3.40. The third-order valence-corrected chi connectivity index (χ3v) is 6.81. The average molecular weight is 451 g/mol. The van der Waals surface area contributed by atoms with E-state index in [4.69, 9.17) is 0 Å². The van der Waals surface area contributed by atoms with Gasteiger partial charge in [0.15, 0.2) is 0 Å². The van der Waals surface area contributed by atoms with Gasteiger partial charge in [0.25, 0.3) is 0 Å². The van der Waals surface area contributed by atoms with Crippen LogP contribution < -0.4 is 9.80 Å². The first kappa shape index (κ1) is 22.4. The highest BCUT2D eigenvalue weighted by Crippen LogP contribution is 2.22. The summed E-state index contributed by atoms with van der Waals surface area (Å²) in [6.45, 7) is 4.70. The van der Waals surface area contributed by atoms with E-state index in [9.17, 15) is 0 Å². The second-order valence-corrected chi connectivity index (χ2v) is 9.31. The average Bonchev–Trinajstić information content (AvgIpc) is 2.93. The zero-order valence-corrected chi connectivity index (χ0v) is 19.9. The lowest BCUT2D eigenvalue weighted by Crippen LogP contribution is -2.29. The molecule has 2 fully saturated rings. The fourth-order valence-corrected chi connectivity index (χ4v) is 4.78. The second-order valence-electron chi connectivity index (χ2n) is 9.31. The van der Waals surface area contributed by atoms with Crippen molar-refractivity contribution in [2.45, 2.75) is 38.5 Å². The molecule has 0 saturated carbocycles. The summed E-state index contributed by atoms with van der Waals surface area (Å²) in [5.41, 5.74) is 6.74. The van der Waals surface area contributed by atoms with Crippen molar-refractivity contribution in [2.75, 3.05) is 36.0 Å². The monoisotopic (exact) mass is 450 g/mol. The van der Waals surface area contributed by atoms with Gasteiger partial charge in [0, 0.05) is 37.6 Å². The normalized spacial score (nSPS) is 17.1. The van der Waals surface area contributed by atoms with Gasteiger partial charge in [0.2, 0.25) is 0 Å². The van der Waals surface area contributed by atoms with E-state index >= 15 is 0 Å². The first-order chi connectivity index (χ1) is 16.8. The van der Waals surface area contributed by atoms with Gasteiger partial charge in [0.1, 0.15) is 0 Å². The molecule has 5 rings (SSSR count). The predicted molar refractivity (Wildman–Crippen MR) is 145 cm³/mol. The van der Waals surface area contributed by atoms with Crippen LogP contribution in [0.15, 0.2) is 60.9 Å². The van der Waals surface area contributed by atoms with E-state index in [2.05, 4.69) is 80.5 Å². The fourth-order valence-electron chi connectivity index (χ4n) is 4.78. The van der Waals surface area contributed by atoms with Crippen molar-refractivity contribution in [3.63, 3.8) is 0 Å². The van der Waals surface area contributed by atoms with Crippen LogP contribution >= 0.6 is 0 Å². The molecule has 4 heteroatoms. The van der Waals surface area contributed by atoms with Crippen molar-refractivity contribution in [1.82, 2.24) is 9.97 Å². The molecular weight excluding hydrogens is 416 g/mol. The highest BCUT2D eigenvalue weighted by molar-refractivity contribution is 5.71. The fraction of sp³-hybridized carbons (Fsp3) is 0.333. The minimum atomic E-state index is 0.864. The van der Waals surface area contributed by atoms with Gasteiger partial charge in [-0.15, -0.1) is 0 Å². The van der Waals surface area contributed by atoms with Crippen molar-refractivity contribution in [2.24, 2.45) is 0 Å². The van der Waals surface area contributed by atoms with Crippen LogP contribution in [0.1, 0.15) is 61.0 Å². The molecule has 0 N–H and O–H groups in total. The molecule has 2 aliphatic rings. The molecule has 0 aliphatic carbocycles. The number of rotatable bonds is 6. The molecule has 174 valence electrons. The Balaban J connectivity index is 1.16. The molecule has 2 saturated heterocycles. The Kier molecular flexibility index (Phi) is 7.34. The smallest absolute Gasteiger partial charge is 0.0813 e. The van der Waals surface area contributed by atoms with E-state index in [0.29, 0.717) is 0 Å². The third-order valence-electron chi connectivity index (χ3n) is 6.81. The minimum absolute atomic E-state index is 0.864. The first-order valence-corrected chi connectivity index (χ1v) is 12.7. The Morgan fingerprint density at radius 3 is 1.21 bits per heavy atom. The topological polar surface area (TPSA) is 32.3 Å². The maximum absolute atomic E-state index is 4.56.